The fourth-order valence-electron chi connectivity index (χ4n) is 5.11. The van der Waals surface area contributed by atoms with Gasteiger partial charge in [0.1, 0.15) is 23.2 Å². The second kappa shape index (κ2) is 9.15. The molecule has 4 rings (SSSR count). The number of rotatable bonds is 8. The van der Waals surface area contributed by atoms with Crippen LogP contribution in [0.5, 0.6) is 11.5 Å². The van der Waals surface area contributed by atoms with Crippen LogP contribution >= 0.6 is 0 Å². The number of hydrogen-bond acceptors (Lipinski definition) is 6. The van der Waals surface area contributed by atoms with Crippen LogP contribution in [0.15, 0.2) is 12.1 Å². The largest absolute Gasteiger partial charge is 0.497 e. The molecule has 30 heavy (non-hydrogen) atoms. The molecule has 6 heteroatoms. The third-order valence-corrected chi connectivity index (χ3v) is 6.67. The quantitative estimate of drug-likeness (QED) is 0.420. The zero-order chi connectivity index (χ0) is 21.1. The van der Waals surface area contributed by atoms with E-state index in [1.54, 1.807) is 20.3 Å². The molecule has 3 aliphatic heterocycles. The van der Waals surface area contributed by atoms with Crippen molar-refractivity contribution < 1.29 is 28.5 Å². The number of fused-ring (bicyclic) bond motifs is 1. The summed E-state index contributed by atoms with van der Waals surface area (Å²) in [6.07, 6.45) is 11.0. The fraction of sp³-hybridized carbons (Fsp3) is 0.708. The Labute approximate surface area is 179 Å². The number of hydrogen-bond donors (Lipinski definition) is 0. The number of methoxy groups -OCH3 is 2. The van der Waals surface area contributed by atoms with E-state index in [0.717, 1.165) is 63.4 Å². The Balaban J connectivity index is 1.25. The van der Waals surface area contributed by atoms with E-state index in [9.17, 15) is 4.79 Å². The van der Waals surface area contributed by atoms with E-state index in [0.29, 0.717) is 29.3 Å². The number of carbonyl (C=O) groups is 1. The van der Waals surface area contributed by atoms with Gasteiger partial charge in [0.25, 0.3) is 0 Å². The molecule has 2 fully saturated rings. The van der Waals surface area contributed by atoms with Crippen LogP contribution in [0.3, 0.4) is 0 Å². The van der Waals surface area contributed by atoms with Crippen molar-refractivity contribution in [1.82, 2.24) is 0 Å². The van der Waals surface area contributed by atoms with E-state index >= 15 is 0 Å². The maximum atomic E-state index is 12.3. The summed E-state index contributed by atoms with van der Waals surface area (Å²) in [6, 6.07) is 3.62. The number of esters is 1. The molecule has 0 N–H and O–H groups in total. The van der Waals surface area contributed by atoms with Gasteiger partial charge in [-0.25, -0.2) is 4.79 Å². The van der Waals surface area contributed by atoms with Crippen molar-refractivity contribution in [3.05, 3.63) is 23.3 Å². The van der Waals surface area contributed by atoms with Gasteiger partial charge in [0.15, 0.2) is 5.79 Å². The molecule has 1 aromatic carbocycles. The summed E-state index contributed by atoms with van der Waals surface area (Å²) in [5, 5.41) is 0. The Morgan fingerprint density at radius 1 is 1.03 bits per heavy atom. The molecule has 1 spiro atoms. The molecule has 3 heterocycles. The lowest BCUT2D eigenvalue weighted by Crippen LogP contribution is -2.40. The fourth-order valence-corrected chi connectivity index (χ4v) is 5.11. The summed E-state index contributed by atoms with van der Waals surface area (Å²) in [4.78, 5) is 12.3. The van der Waals surface area contributed by atoms with E-state index in [-0.39, 0.29) is 17.9 Å². The first-order valence-electron chi connectivity index (χ1n) is 11.4. The Morgan fingerprint density at radius 2 is 1.87 bits per heavy atom. The second-order valence-electron chi connectivity index (χ2n) is 8.84. The van der Waals surface area contributed by atoms with Crippen molar-refractivity contribution in [1.29, 1.82) is 0 Å². The second-order valence-corrected chi connectivity index (χ2v) is 8.84. The number of carbonyl (C=O) groups excluding carboxylic acids is 1. The standard InChI is InChI=1S/C24H34O6/c1-16-11-13-24(29-16)12-7-9-17(30-24)8-5-4-6-10-20-19-14-18(26-2)15-21(27-3)22(19)23(25)28-20/h14-17,20H,4-13H2,1-3H3/t16-,17-,20-,24?/m1/s1. The van der Waals surface area contributed by atoms with Gasteiger partial charge >= 0.3 is 5.97 Å². The van der Waals surface area contributed by atoms with Crippen LogP contribution < -0.4 is 9.47 Å². The Morgan fingerprint density at radius 3 is 2.60 bits per heavy atom. The Hall–Kier alpha value is -1.79. The number of unbranched alkanes of at least 4 members (excludes halogenated alkanes) is 2. The summed E-state index contributed by atoms with van der Waals surface area (Å²) in [7, 11) is 3.17. The molecule has 4 atom stereocenters. The van der Waals surface area contributed by atoms with Crippen LogP contribution in [0.1, 0.15) is 93.2 Å². The number of cyclic esters (lactones) is 1. The molecular formula is C24H34O6. The molecule has 166 valence electrons. The minimum atomic E-state index is -0.304. The van der Waals surface area contributed by atoms with Gasteiger partial charge in [-0.05, 0) is 51.5 Å². The first-order chi connectivity index (χ1) is 14.5. The SMILES string of the molecule is COc1cc(OC)c2c(c1)[C@@H](CCCCC[C@@H]1CCCC3(CC[C@@H](C)O3)O1)OC2=O. The molecule has 0 aromatic heterocycles. The topological polar surface area (TPSA) is 63.2 Å². The Bertz CT molecular complexity index is 758. The number of benzene rings is 1. The van der Waals surface area contributed by atoms with Gasteiger partial charge in [-0.1, -0.05) is 12.8 Å². The van der Waals surface area contributed by atoms with Crippen molar-refractivity contribution in [2.24, 2.45) is 0 Å². The third-order valence-electron chi connectivity index (χ3n) is 6.67. The van der Waals surface area contributed by atoms with E-state index < -0.39 is 0 Å². The molecule has 3 aliphatic rings. The molecule has 0 aliphatic carbocycles. The van der Waals surface area contributed by atoms with E-state index in [1.807, 2.05) is 6.07 Å². The lowest BCUT2D eigenvalue weighted by molar-refractivity contribution is -0.269. The van der Waals surface area contributed by atoms with Gasteiger partial charge in [-0.2, -0.15) is 0 Å². The van der Waals surface area contributed by atoms with Crippen LogP contribution in [0.25, 0.3) is 0 Å². The van der Waals surface area contributed by atoms with Crippen molar-refractivity contribution in [2.75, 3.05) is 14.2 Å². The van der Waals surface area contributed by atoms with Crippen molar-refractivity contribution in [3.63, 3.8) is 0 Å². The maximum absolute atomic E-state index is 12.3. The smallest absolute Gasteiger partial charge is 0.342 e. The normalized spacial score (nSPS) is 30.4. The predicted molar refractivity (Wildman–Crippen MR) is 112 cm³/mol. The van der Waals surface area contributed by atoms with Gasteiger partial charge in [0.2, 0.25) is 0 Å². The highest BCUT2D eigenvalue weighted by Crippen LogP contribution is 2.43. The highest BCUT2D eigenvalue weighted by molar-refractivity contribution is 5.97. The molecule has 1 aromatic rings. The zero-order valence-corrected chi connectivity index (χ0v) is 18.4. The zero-order valence-electron chi connectivity index (χ0n) is 18.4. The molecule has 0 bridgehead atoms. The van der Waals surface area contributed by atoms with E-state index in [4.69, 9.17) is 23.7 Å². The van der Waals surface area contributed by atoms with Gasteiger partial charge in [0, 0.05) is 24.5 Å². The summed E-state index contributed by atoms with van der Waals surface area (Å²) in [6.45, 7) is 2.14. The van der Waals surface area contributed by atoms with Crippen molar-refractivity contribution in [2.45, 2.75) is 95.2 Å². The first kappa shape index (κ1) is 21.4. The minimum Gasteiger partial charge on any atom is -0.497 e. The first-order valence-corrected chi connectivity index (χ1v) is 11.4. The molecular weight excluding hydrogens is 384 g/mol. The molecule has 0 radical (unpaired) electrons. The van der Waals surface area contributed by atoms with Gasteiger partial charge in [-0.15, -0.1) is 0 Å². The average molecular weight is 419 g/mol. The van der Waals surface area contributed by atoms with E-state index in [1.165, 1.54) is 6.42 Å². The van der Waals surface area contributed by atoms with Crippen LogP contribution in [0.2, 0.25) is 0 Å². The van der Waals surface area contributed by atoms with Crippen LogP contribution in [0, 0.1) is 0 Å². The lowest BCUT2D eigenvalue weighted by Gasteiger charge is -2.38. The summed E-state index contributed by atoms with van der Waals surface area (Å²) in [5.41, 5.74) is 1.41. The molecule has 6 nitrogen and oxygen atoms in total. The molecule has 2 saturated heterocycles. The molecule has 1 unspecified atom stereocenters. The average Bonchev–Trinajstić information content (AvgIpc) is 3.26. The van der Waals surface area contributed by atoms with Crippen molar-refractivity contribution in [3.8, 4) is 11.5 Å². The minimum absolute atomic E-state index is 0.223. The third kappa shape index (κ3) is 4.45. The predicted octanol–water partition coefficient (Wildman–Crippen LogP) is 5.33. The van der Waals surface area contributed by atoms with Crippen LogP contribution in [-0.4, -0.2) is 38.2 Å². The van der Waals surface area contributed by atoms with Crippen molar-refractivity contribution >= 4 is 5.97 Å². The summed E-state index contributed by atoms with van der Waals surface area (Å²) < 4.78 is 28.8. The van der Waals surface area contributed by atoms with Gasteiger partial charge in [0.05, 0.1) is 26.4 Å². The highest BCUT2D eigenvalue weighted by atomic mass is 16.7. The van der Waals surface area contributed by atoms with Crippen LogP contribution in [-0.2, 0) is 14.2 Å². The highest BCUT2D eigenvalue weighted by Gasteiger charge is 2.43. The molecule has 0 saturated carbocycles. The summed E-state index contributed by atoms with van der Waals surface area (Å²) in [5.74, 6) is 0.591. The maximum Gasteiger partial charge on any atom is 0.342 e. The van der Waals surface area contributed by atoms with E-state index in [2.05, 4.69) is 6.92 Å². The van der Waals surface area contributed by atoms with Gasteiger partial charge in [-0.3, -0.25) is 0 Å². The Kier molecular flexibility index (Phi) is 6.54. The molecule has 0 amide bonds. The lowest BCUT2D eigenvalue weighted by atomic mass is 9.95. The monoisotopic (exact) mass is 418 g/mol. The number of ether oxygens (including phenoxy) is 5. The van der Waals surface area contributed by atoms with Gasteiger partial charge < -0.3 is 23.7 Å². The summed E-state index contributed by atoms with van der Waals surface area (Å²) >= 11 is 0. The van der Waals surface area contributed by atoms with Crippen LogP contribution in [0.4, 0.5) is 0 Å².